The number of carbonyl (C=O) groups is 1. The normalized spacial score (nSPS) is 12.0. The fraction of sp³-hybridized carbons (Fsp3) is 0.125. The molecule has 0 saturated heterocycles. The van der Waals surface area contributed by atoms with Gasteiger partial charge >= 0.3 is 5.97 Å². The van der Waals surface area contributed by atoms with E-state index in [1.165, 1.54) is 22.9 Å². The van der Waals surface area contributed by atoms with Crippen molar-refractivity contribution in [1.82, 2.24) is 20.2 Å². The van der Waals surface area contributed by atoms with Gasteiger partial charge in [-0.3, -0.25) is 0 Å². The summed E-state index contributed by atoms with van der Waals surface area (Å²) in [7, 11) is 0. The van der Waals surface area contributed by atoms with Crippen LogP contribution in [-0.2, 0) is 11.2 Å². The number of carboxylic acid groups (broad SMARTS) is 1. The Morgan fingerprint density at radius 1 is 1.17 bits per heavy atom. The van der Waals surface area contributed by atoms with Crippen LogP contribution in [0.5, 0.6) is 0 Å². The predicted octanol–water partition coefficient (Wildman–Crippen LogP) is 2.35. The molecule has 0 aliphatic rings. The van der Waals surface area contributed by atoms with Crippen LogP contribution in [0.25, 0.3) is 11.4 Å². The quantitative estimate of drug-likeness (QED) is 0.782. The molecule has 0 bridgehead atoms. The van der Waals surface area contributed by atoms with Gasteiger partial charge in [-0.15, -0.1) is 5.10 Å². The van der Waals surface area contributed by atoms with E-state index in [1.807, 2.05) is 30.3 Å². The molecule has 23 heavy (non-hydrogen) atoms. The van der Waals surface area contributed by atoms with Crippen molar-refractivity contribution >= 4 is 5.97 Å². The molecule has 0 aliphatic heterocycles. The maximum absolute atomic E-state index is 13.4. The molecule has 3 rings (SSSR count). The van der Waals surface area contributed by atoms with Crippen LogP contribution >= 0.6 is 0 Å². The van der Waals surface area contributed by atoms with Crippen LogP contribution in [0, 0.1) is 5.82 Å². The number of aliphatic carboxylic acids is 1. The minimum absolute atomic E-state index is 0.216. The molecule has 0 fully saturated rings. The zero-order chi connectivity index (χ0) is 16.2. The Kier molecular flexibility index (Phi) is 4.09. The Bertz CT molecular complexity index is 820. The van der Waals surface area contributed by atoms with Crippen molar-refractivity contribution in [1.29, 1.82) is 0 Å². The molecule has 2 aromatic carbocycles. The molecule has 1 unspecified atom stereocenters. The molecule has 0 aliphatic carbocycles. The molecule has 116 valence electrons. The summed E-state index contributed by atoms with van der Waals surface area (Å²) >= 11 is 0. The van der Waals surface area contributed by atoms with E-state index in [0.717, 1.165) is 5.56 Å². The van der Waals surface area contributed by atoms with Crippen molar-refractivity contribution in [2.75, 3.05) is 0 Å². The summed E-state index contributed by atoms with van der Waals surface area (Å²) in [6.07, 6.45) is 0.226. The Labute approximate surface area is 131 Å². The van der Waals surface area contributed by atoms with Crippen molar-refractivity contribution < 1.29 is 14.3 Å². The molecule has 1 aromatic heterocycles. The van der Waals surface area contributed by atoms with E-state index in [1.54, 1.807) is 6.07 Å². The van der Waals surface area contributed by atoms with Gasteiger partial charge in [-0.1, -0.05) is 42.5 Å². The monoisotopic (exact) mass is 312 g/mol. The average molecular weight is 312 g/mol. The second kappa shape index (κ2) is 6.35. The van der Waals surface area contributed by atoms with Crippen molar-refractivity contribution in [2.45, 2.75) is 12.5 Å². The van der Waals surface area contributed by atoms with Crippen LogP contribution in [0.4, 0.5) is 4.39 Å². The number of nitrogens with zero attached hydrogens (tertiary/aromatic N) is 4. The van der Waals surface area contributed by atoms with Gasteiger partial charge in [0, 0.05) is 12.0 Å². The fourth-order valence-corrected chi connectivity index (χ4v) is 2.34. The zero-order valence-electron chi connectivity index (χ0n) is 12.0. The lowest BCUT2D eigenvalue weighted by Gasteiger charge is -2.14. The van der Waals surface area contributed by atoms with Crippen LogP contribution in [0.3, 0.4) is 0 Å². The van der Waals surface area contributed by atoms with Crippen molar-refractivity contribution in [2.24, 2.45) is 0 Å². The van der Waals surface area contributed by atoms with Crippen LogP contribution in [0.15, 0.2) is 54.6 Å². The number of aromatic nitrogens is 4. The summed E-state index contributed by atoms with van der Waals surface area (Å²) < 4.78 is 14.6. The lowest BCUT2D eigenvalue weighted by atomic mass is 10.1. The number of tetrazole rings is 1. The number of rotatable bonds is 5. The first-order valence-electron chi connectivity index (χ1n) is 6.95. The van der Waals surface area contributed by atoms with E-state index in [0.29, 0.717) is 5.56 Å². The van der Waals surface area contributed by atoms with Gasteiger partial charge in [0.25, 0.3) is 0 Å². The summed E-state index contributed by atoms with van der Waals surface area (Å²) in [4.78, 5) is 11.7. The van der Waals surface area contributed by atoms with Gasteiger partial charge in [0.2, 0.25) is 0 Å². The maximum Gasteiger partial charge on any atom is 0.329 e. The first kappa shape index (κ1) is 14.8. The smallest absolute Gasteiger partial charge is 0.329 e. The Hall–Kier alpha value is -3.09. The molecule has 7 heteroatoms. The zero-order valence-corrected chi connectivity index (χ0v) is 12.0. The Morgan fingerprint density at radius 2 is 1.96 bits per heavy atom. The van der Waals surface area contributed by atoms with E-state index in [2.05, 4.69) is 15.5 Å². The number of carboxylic acids is 1. The van der Waals surface area contributed by atoms with Gasteiger partial charge in [-0.25, -0.2) is 13.9 Å². The summed E-state index contributed by atoms with van der Waals surface area (Å²) in [6, 6.07) is 13.9. The van der Waals surface area contributed by atoms with E-state index < -0.39 is 17.8 Å². The molecule has 1 atom stereocenters. The van der Waals surface area contributed by atoms with Gasteiger partial charge in [0.15, 0.2) is 11.9 Å². The highest BCUT2D eigenvalue weighted by Crippen LogP contribution is 2.22. The topological polar surface area (TPSA) is 80.9 Å². The molecule has 0 saturated carbocycles. The average Bonchev–Trinajstić information content (AvgIpc) is 3.02. The fourth-order valence-electron chi connectivity index (χ4n) is 2.34. The molecule has 0 spiro atoms. The summed E-state index contributed by atoms with van der Waals surface area (Å²) in [6.45, 7) is 0. The minimum atomic E-state index is -1.06. The van der Waals surface area contributed by atoms with Gasteiger partial charge in [0.05, 0.1) is 0 Å². The number of benzene rings is 2. The first-order chi connectivity index (χ1) is 11.1. The first-order valence-corrected chi connectivity index (χ1v) is 6.95. The SMILES string of the molecule is O=C(O)C(Cc1ccccc1)n1nnnc1-c1cccc(F)c1. The summed E-state index contributed by atoms with van der Waals surface area (Å²) in [5.74, 6) is -1.28. The molecule has 1 N–H and O–H groups in total. The Morgan fingerprint density at radius 3 is 2.65 bits per heavy atom. The molecule has 1 heterocycles. The Balaban J connectivity index is 1.99. The van der Waals surface area contributed by atoms with Gasteiger partial charge in [-0.05, 0) is 28.1 Å². The molecule has 3 aromatic rings. The van der Waals surface area contributed by atoms with Gasteiger partial charge in [0.1, 0.15) is 5.82 Å². The van der Waals surface area contributed by atoms with Crippen LogP contribution < -0.4 is 0 Å². The minimum Gasteiger partial charge on any atom is -0.480 e. The highest BCUT2D eigenvalue weighted by atomic mass is 19.1. The predicted molar refractivity (Wildman–Crippen MR) is 80.0 cm³/mol. The lowest BCUT2D eigenvalue weighted by Crippen LogP contribution is -2.23. The molecule has 0 amide bonds. The van der Waals surface area contributed by atoms with Crippen LogP contribution in [0.1, 0.15) is 11.6 Å². The van der Waals surface area contributed by atoms with Crippen molar-refractivity contribution in [3.63, 3.8) is 0 Å². The third-order valence-corrected chi connectivity index (χ3v) is 3.43. The molecule has 0 radical (unpaired) electrons. The highest BCUT2D eigenvalue weighted by molar-refractivity contribution is 5.73. The highest BCUT2D eigenvalue weighted by Gasteiger charge is 2.25. The third-order valence-electron chi connectivity index (χ3n) is 3.43. The summed E-state index contributed by atoms with van der Waals surface area (Å²) in [5, 5.41) is 20.7. The van der Waals surface area contributed by atoms with E-state index in [4.69, 9.17) is 0 Å². The van der Waals surface area contributed by atoms with Crippen molar-refractivity contribution in [3.05, 3.63) is 66.0 Å². The third kappa shape index (κ3) is 3.23. The van der Waals surface area contributed by atoms with Gasteiger partial charge < -0.3 is 5.11 Å². The number of hydrogen-bond donors (Lipinski definition) is 1. The van der Waals surface area contributed by atoms with E-state index in [-0.39, 0.29) is 12.2 Å². The standard InChI is InChI=1S/C16H13FN4O2/c17-13-8-4-7-12(10-13)15-18-19-20-21(15)14(16(22)23)9-11-5-2-1-3-6-11/h1-8,10,14H,9H2,(H,22,23). The van der Waals surface area contributed by atoms with Crippen LogP contribution in [-0.4, -0.2) is 31.3 Å². The van der Waals surface area contributed by atoms with Gasteiger partial charge in [-0.2, -0.15) is 0 Å². The number of hydrogen-bond acceptors (Lipinski definition) is 4. The largest absolute Gasteiger partial charge is 0.480 e. The van der Waals surface area contributed by atoms with E-state index in [9.17, 15) is 14.3 Å². The summed E-state index contributed by atoms with van der Waals surface area (Å²) in [5.41, 5.74) is 1.27. The second-order valence-corrected chi connectivity index (χ2v) is 5.00. The van der Waals surface area contributed by atoms with E-state index >= 15 is 0 Å². The van der Waals surface area contributed by atoms with Crippen molar-refractivity contribution in [3.8, 4) is 11.4 Å². The van der Waals surface area contributed by atoms with Crippen LogP contribution in [0.2, 0.25) is 0 Å². The number of halogens is 1. The second-order valence-electron chi connectivity index (χ2n) is 5.00. The molecular weight excluding hydrogens is 299 g/mol. The maximum atomic E-state index is 13.4. The molecule has 6 nitrogen and oxygen atoms in total. The molecular formula is C16H13FN4O2. The lowest BCUT2D eigenvalue weighted by molar-refractivity contribution is -0.141.